The molecular weight excluding hydrogens is 412 g/mol. The Morgan fingerprint density at radius 1 is 1.10 bits per heavy atom. The second kappa shape index (κ2) is 8.85. The highest BCUT2D eigenvalue weighted by Crippen LogP contribution is 2.33. The maximum absolute atomic E-state index is 13.0. The molecule has 2 aliphatic rings. The zero-order chi connectivity index (χ0) is 21.2. The molecule has 1 aliphatic heterocycles. The Balaban J connectivity index is 1.15. The number of benzene rings is 2. The first-order valence-electron chi connectivity index (χ1n) is 10.8. The van der Waals surface area contributed by atoms with Crippen molar-refractivity contribution in [3.05, 3.63) is 47.0 Å². The molecule has 2 heterocycles. The van der Waals surface area contributed by atoms with Crippen LogP contribution in [0.1, 0.15) is 41.0 Å². The van der Waals surface area contributed by atoms with E-state index < -0.39 is 0 Å². The Morgan fingerprint density at radius 2 is 1.90 bits per heavy atom. The van der Waals surface area contributed by atoms with Gasteiger partial charge in [-0.15, -0.1) is 11.3 Å². The number of rotatable bonds is 6. The van der Waals surface area contributed by atoms with E-state index in [2.05, 4.69) is 22.4 Å². The average molecular weight is 439 g/mol. The van der Waals surface area contributed by atoms with Gasteiger partial charge in [0.15, 0.2) is 22.3 Å². The second-order valence-corrected chi connectivity index (χ2v) is 9.16. The standard InChI is InChI=1S/C24H26N2O4S/c1-28-18-7-8-19-22(13-18)31-24(26-19)23(27)16-3-5-17(6-4-16)25-14-15-2-9-20-21(12-15)30-11-10-29-20/h2,7-9,12-13,16-17,25H,3-6,10-11,14H2,1H3. The first-order chi connectivity index (χ1) is 15.2. The van der Waals surface area contributed by atoms with Crippen LogP contribution in [0.3, 0.4) is 0 Å². The molecule has 0 spiro atoms. The van der Waals surface area contributed by atoms with E-state index in [0.29, 0.717) is 24.3 Å². The molecule has 1 aliphatic carbocycles. The lowest BCUT2D eigenvalue weighted by Crippen LogP contribution is -2.34. The fraction of sp³-hybridized carbons (Fsp3) is 0.417. The maximum atomic E-state index is 13.0. The molecule has 31 heavy (non-hydrogen) atoms. The van der Waals surface area contributed by atoms with Crippen LogP contribution in [0.25, 0.3) is 10.2 Å². The lowest BCUT2D eigenvalue weighted by atomic mass is 9.83. The van der Waals surface area contributed by atoms with Gasteiger partial charge in [-0.1, -0.05) is 6.07 Å². The van der Waals surface area contributed by atoms with Gasteiger partial charge in [0.1, 0.15) is 19.0 Å². The van der Waals surface area contributed by atoms with Crippen LogP contribution >= 0.6 is 11.3 Å². The van der Waals surface area contributed by atoms with E-state index >= 15 is 0 Å². The van der Waals surface area contributed by atoms with Crippen LogP contribution < -0.4 is 19.5 Å². The summed E-state index contributed by atoms with van der Waals surface area (Å²) in [6, 6.07) is 12.3. The zero-order valence-corrected chi connectivity index (χ0v) is 18.4. The molecular formula is C24H26N2O4S. The fourth-order valence-electron chi connectivity index (χ4n) is 4.33. The van der Waals surface area contributed by atoms with Gasteiger partial charge >= 0.3 is 0 Å². The van der Waals surface area contributed by atoms with Gasteiger partial charge in [0.05, 0.1) is 17.3 Å². The number of Topliss-reactive ketones (excluding diaryl/α,β-unsaturated/α-hetero) is 1. The van der Waals surface area contributed by atoms with Crippen LogP contribution in [0.15, 0.2) is 36.4 Å². The Labute approximate surface area is 185 Å². The Morgan fingerprint density at radius 3 is 2.71 bits per heavy atom. The predicted octanol–water partition coefficient (Wildman–Crippen LogP) is 4.61. The number of hydrogen-bond donors (Lipinski definition) is 1. The molecule has 7 heteroatoms. The molecule has 5 rings (SSSR count). The number of aromatic nitrogens is 1. The average Bonchev–Trinajstić information content (AvgIpc) is 3.26. The van der Waals surface area contributed by atoms with E-state index in [1.54, 1.807) is 7.11 Å². The highest BCUT2D eigenvalue weighted by Gasteiger charge is 2.28. The van der Waals surface area contributed by atoms with Crippen LogP contribution in [0.4, 0.5) is 0 Å². The molecule has 1 aromatic heterocycles. The summed E-state index contributed by atoms with van der Waals surface area (Å²) in [5.41, 5.74) is 2.05. The molecule has 2 aromatic carbocycles. The first-order valence-corrected chi connectivity index (χ1v) is 11.6. The zero-order valence-electron chi connectivity index (χ0n) is 17.6. The third-order valence-corrected chi connectivity index (χ3v) is 7.14. The monoisotopic (exact) mass is 438 g/mol. The first kappa shape index (κ1) is 20.3. The number of methoxy groups -OCH3 is 1. The summed E-state index contributed by atoms with van der Waals surface area (Å²) in [5.74, 6) is 2.69. The van der Waals surface area contributed by atoms with Gasteiger partial charge in [0.25, 0.3) is 0 Å². The molecule has 0 saturated heterocycles. The van der Waals surface area contributed by atoms with Crippen molar-refractivity contribution in [2.24, 2.45) is 5.92 Å². The third kappa shape index (κ3) is 4.38. The molecule has 3 aromatic rings. The van der Waals surface area contributed by atoms with Gasteiger partial charge < -0.3 is 19.5 Å². The quantitative estimate of drug-likeness (QED) is 0.567. The van der Waals surface area contributed by atoms with E-state index in [0.717, 1.165) is 59.7 Å². The summed E-state index contributed by atoms with van der Waals surface area (Å²) in [6.45, 7) is 2.00. The smallest absolute Gasteiger partial charge is 0.194 e. The Bertz CT molecular complexity index is 1090. The van der Waals surface area contributed by atoms with Gasteiger partial charge in [0.2, 0.25) is 0 Å². The van der Waals surface area contributed by atoms with Gasteiger partial charge in [-0.3, -0.25) is 4.79 Å². The van der Waals surface area contributed by atoms with Crippen molar-refractivity contribution in [3.8, 4) is 17.2 Å². The highest BCUT2D eigenvalue weighted by atomic mass is 32.1. The summed E-state index contributed by atoms with van der Waals surface area (Å²) < 4.78 is 17.5. The van der Waals surface area contributed by atoms with Crippen LogP contribution in [0.5, 0.6) is 17.2 Å². The number of thiazole rings is 1. The largest absolute Gasteiger partial charge is 0.497 e. The maximum Gasteiger partial charge on any atom is 0.194 e. The summed E-state index contributed by atoms with van der Waals surface area (Å²) >= 11 is 1.47. The molecule has 1 N–H and O–H groups in total. The summed E-state index contributed by atoms with van der Waals surface area (Å²) in [4.78, 5) is 17.6. The van der Waals surface area contributed by atoms with Crippen molar-refractivity contribution >= 4 is 27.3 Å². The molecule has 0 bridgehead atoms. The number of ketones is 1. The molecule has 162 valence electrons. The molecule has 0 radical (unpaired) electrons. The van der Waals surface area contributed by atoms with E-state index in [9.17, 15) is 4.79 Å². The predicted molar refractivity (Wildman–Crippen MR) is 121 cm³/mol. The topological polar surface area (TPSA) is 69.7 Å². The number of nitrogens with zero attached hydrogens (tertiary/aromatic N) is 1. The fourth-order valence-corrected chi connectivity index (χ4v) is 5.34. The number of carbonyl (C=O) groups is 1. The van der Waals surface area contributed by atoms with Crippen molar-refractivity contribution in [2.45, 2.75) is 38.3 Å². The lowest BCUT2D eigenvalue weighted by Gasteiger charge is -2.28. The lowest BCUT2D eigenvalue weighted by molar-refractivity contribution is 0.0879. The summed E-state index contributed by atoms with van der Waals surface area (Å²) in [6.07, 6.45) is 3.80. The molecule has 0 amide bonds. The molecule has 1 fully saturated rings. The minimum atomic E-state index is 0.0646. The minimum Gasteiger partial charge on any atom is -0.497 e. The number of carbonyl (C=O) groups excluding carboxylic acids is 1. The van der Waals surface area contributed by atoms with Crippen LogP contribution in [-0.2, 0) is 6.54 Å². The van der Waals surface area contributed by atoms with Gasteiger partial charge in [0, 0.05) is 18.5 Å². The van der Waals surface area contributed by atoms with Crippen LogP contribution in [0.2, 0.25) is 0 Å². The molecule has 0 unspecified atom stereocenters. The summed E-state index contributed by atoms with van der Waals surface area (Å²) in [7, 11) is 1.65. The summed E-state index contributed by atoms with van der Waals surface area (Å²) in [5, 5.41) is 4.26. The SMILES string of the molecule is COc1ccc2nc(C(=O)C3CCC(NCc4ccc5c(c4)OCCO5)CC3)sc2c1. The Hall–Kier alpha value is -2.64. The number of fused-ring (bicyclic) bond motifs is 2. The minimum absolute atomic E-state index is 0.0646. The van der Waals surface area contributed by atoms with E-state index in [4.69, 9.17) is 14.2 Å². The highest BCUT2D eigenvalue weighted by molar-refractivity contribution is 7.20. The van der Waals surface area contributed by atoms with E-state index in [1.165, 1.54) is 16.9 Å². The third-order valence-electron chi connectivity index (χ3n) is 6.11. The van der Waals surface area contributed by atoms with Gasteiger partial charge in [-0.05, 0) is 61.6 Å². The van der Waals surface area contributed by atoms with E-state index in [1.807, 2.05) is 24.3 Å². The molecule has 6 nitrogen and oxygen atoms in total. The van der Waals surface area contributed by atoms with Crippen molar-refractivity contribution in [2.75, 3.05) is 20.3 Å². The Kier molecular flexibility index (Phi) is 5.78. The van der Waals surface area contributed by atoms with Crippen molar-refractivity contribution in [1.29, 1.82) is 0 Å². The number of nitrogens with one attached hydrogen (secondary N) is 1. The van der Waals surface area contributed by atoms with Gasteiger partial charge in [-0.25, -0.2) is 4.98 Å². The van der Waals surface area contributed by atoms with Crippen molar-refractivity contribution in [1.82, 2.24) is 10.3 Å². The van der Waals surface area contributed by atoms with Crippen molar-refractivity contribution < 1.29 is 19.0 Å². The number of ether oxygens (including phenoxy) is 3. The molecule has 0 atom stereocenters. The van der Waals surface area contributed by atoms with Gasteiger partial charge in [-0.2, -0.15) is 0 Å². The van der Waals surface area contributed by atoms with Crippen LogP contribution in [-0.4, -0.2) is 37.1 Å². The number of hydrogen-bond acceptors (Lipinski definition) is 7. The van der Waals surface area contributed by atoms with Crippen molar-refractivity contribution in [3.63, 3.8) is 0 Å². The molecule has 1 saturated carbocycles. The second-order valence-electron chi connectivity index (χ2n) is 8.12. The normalized spacial score (nSPS) is 20.5. The van der Waals surface area contributed by atoms with E-state index in [-0.39, 0.29) is 11.7 Å². The van der Waals surface area contributed by atoms with Crippen LogP contribution in [0, 0.1) is 5.92 Å².